The monoisotopic (exact) mass is 432 g/mol. The van der Waals surface area contributed by atoms with Crippen molar-refractivity contribution in [2.75, 3.05) is 25.1 Å². The predicted molar refractivity (Wildman–Crippen MR) is 116 cm³/mol. The molecule has 2 aromatic carbocycles. The number of amides is 2. The molecule has 152 valence electrons. The molecule has 1 heterocycles. The van der Waals surface area contributed by atoms with Crippen LogP contribution in [-0.2, 0) is 14.3 Å². The first-order valence-electron chi connectivity index (χ1n) is 9.39. The number of hydrogen-bond donors (Lipinski definition) is 1. The maximum atomic E-state index is 13.2. The number of ether oxygens (including phenoxy) is 1. The van der Waals surface area contributed by atoms with E-state index in [1.165, 1.54) is 4.90 Å². The number of nitrogens with one attached hydrogen (secondary N) is 1. The number of carbonyl (C=O) groups is 2. The van der Waals surface area contributed by atoms with Gasteiger partial charge in [0.25, 0.3) is 11.8 Å². The number of anilines is 1. The van der Waals surface area contributed by atoms with Crippen molar-refractivity contribution in [2.45, 2.75) is 20.3 Å². The summed E-state index contributed by atoms with van der Waals surface area (Å²) < 4.78 is 5.33. The Morgan fingerprint density at radius 2 is 1.86 bits per heavy atom. The molecule has 0 aromatic heterocycles. The van der Waals surface area contributed by atoms with Crippen molar-refractivity contribution in [1.29, 1.82) is 0 Å². The highest BCUT2D eigenvalue weighted by atomic mass is 35.5. The van der Waals surface area contributed by atoms with Crippen molar-refractivity contribution in [1.82, 2.24) is 4.90 Å². The van der Waals surface area contributed by atoms with E-state index >= 15 is 0 Å². The predicted octanol–water partition coefficient (Wildman–Crippen LogP) is 4.92. The lowest BCUT2D eigenvalue weighted by molar-refractivity contribution is -0.137. The Hall–Kier alpha value is -2.34. The zero-order valence-electron chi connectivity index (χ0n) is 16.3. The molecule has 0 bridgehead atoms. The second kappa shape index (κ2) is 9.44. The van der Waals surface area contributed by atoms with Gasteiger partial charge in [-0.1, -0.05) is 41.4 Å². The fourth-order valence-corrected chi connectivity index (χ4v) is 3.68. The molecule has 2 amide bonds. The van der Waals surface area contributed by atoms with Gasteiger partial charge in [-0.15, -0.1) is 0 Å². The van der Waals surface area contributed by atoms with Gasteiger partial charge in [-0.05, 0) is 50.1 Å². The van der Waals surface area contributed by atoms with Crippen molar-refractivity contribution in [3.63, 3.8) is 0 Å². The number of benzene rings is 2. The van der Waals surface area contributed by atoms with Gasteiger partial charge in [-0.3, -0.25) is 14.5 Å². The van der Waals surface area contributed by atoms with Gasteiger partial charge < -0.3 is 10.1 Å². The minimum absolute atomic E-state index is 0.209. The van der Waals surface area contributed by atoms with E-state index in [1.54, 1.807) is 18.2 Å². The van der Waals surface area contributed by atoms with Crippen LogP contribution in [0.4, 0.5) is 5.69 Å². The van der Waals surface area contributed by atoms with Crippen LogP contribution in [0.3, 0.4) is 0 Å². The normalized spacial score (nSPS) is 14.1. The van der Waals surface area contributed by atoms with Crippen LogP contribution in [0.1, 0.15) is 24.5 Å². The van der Waals surface area contributed by atoms with Crippen LogP contribution in [0.15, 0.2) is 48.2 Å². The molecule has 0 fully saturated rings. The van der Waals surface area contributed by atoms with Gasteiger partial charge in [0, 0.05) is 36.0 Å². The Kier molecular flexibility index (Phi) is 6.96. The first-order chi connectivity index (χ1) is 13.9. The van der Waals surface area contributed by atoms with Crippen LogP contribution in [0.2, 0.25) is 10.0 Å². The summed E-state index contributed by atoms with van der Waals surface area (Å²) in [6.07, 6.45) is 0.560. The largest absolute Gasteiger partial charge is 0.382 e. The van der Waals surface area contributed by atoms with Gasteiger partial charge in [-0.2, -0.15) is 0 Å². The maximum Gasteiger partial charge on any atom is 0.278 e. The Balaban J connectivity index is 1.99. The van der Waals surface area contributed by atoms with E-state index in [4.69, 9.17) is 27.9 Å². The fourth-order valence-electron chi connectivity index (χ4n) is 3.17. The molecule has 1 aliphatic rings. The average molecular weight is 433 g/mol. The average Bonchev–Trinajstić information content (AvgIpc) is 2.89. The molecular weight excluding hydrogens is 411 g/mol. The number of rotatable bonds is 8. The van der Waals surface area contributed by atoms with Gasteiger partial charge in [0.1, 0.15) is 5.70 Å². The van der Waals surface area contributed by atoms with Gasteiger partial charge in [0.2, 0.25) is 0 Å². The quantitative estimate of drug-likeness (QED) is 0.474. The molecule has 2 aromatic rings. The Labute approximate surface area is 180 Å². The molecule has 0 saturated carbocycles. The summed E-state index contributed by atoms with van der Waals surface area (Å²) in [5.41, 5.74) is 2.68. The third kappa shape index (κ3) is 4.81. The summed E-state index contributed by atoms with van der Waals surface area (Å²) >= 11 is 12.4. The van der Waals surface area contributed by atoms with Gasteiger partial charge in [-0.25, -0.2) is 0 Å². The number of carbonyl (C=O) groups excluding carboxylic acids is 2. The number of nitrogens with zero attached hydrogens (tertiary/aromatic N) is 1. The molecule has 29 heavy (non-hydrogen) atoms. The molecule has 0 unspecified atom stereocenters. The first kappa shape index (κ1) is 21.4. The summed E-state index contributed by atoms with van der Waals surface area (Å²) in [6, 6.07) is 12.5. The van der Waals surface area contributed by atoms with Crippen molar-refractivity contribution >= 4 is 46.3 Å². The van der Waals surface area contributed by atoms with Crippen LogP contribution < -0.4 is 5.32 Å². The van der Waals surface area contributed by atoms with Crippen molar-refractivity contribution in [3.05, 3.63) is 69.3 Å². The summed E-state index contributed by atoms with van der Waals surface area (Å²) in [5.74, 6) is -0.764. The zero-order chi connectivity index (χ0) is 21.0. The lowest BCUT2D eigenvalue weighted by atomic mass is 10.0. The molecule has 1 aliphatic heterocycles. The van der Waals surface area contributed by atoms with Crippen LogP contribution in [0, 0.1) is 6.92 Å². The summed E-state index contributed by atoms with van der Waals surface area (Å²) in [5, 5.41) is 3.90. The Bertz CT molecular complexity index is 972. The van der Waals surface area contributed by atoms with Crippen LogP contribution >= 0.6 is 23.2 Å². The highest BCUT2D eigenvalue weighted by Gasteiger charge is 2.39. The third-order valence-corrected chi connectivity index (χ3v) is 5.08. The molecule has 0 aliphatic carbocycles. The number of imide groups is 1. The minimum atomic E-state index is -0.383. The molecule has 5 nitrogen and oxygen atoms in total. The second-order valence-corrected chi connectivity index (χ2v) is 7.52. The summed E-state index contributed by atoms with van der Waals surface area (Å²) in [7, 11) is 0. The Morgan fingerprint density at radius 1 is 1.07 bits per heavy atom. The van der Waals surface area contributed by atoms with Gasteiger partial charge in [0.15, 0.2) is 0 Å². The zero-order valence-corrected chi connectivity index (χ0v) is 17.8. The fraction of sp³-hybridized carbons (Fsp3) is 0.273. The van der Waals surface area contributed by atoms with E-state index in [0.29, 0.717) is 35.2 Å². The van der Waals surface area contributed by atoms with Crippen molar-refractivity contribution in [3.8, 4) is 0 Å². The highest BCUT2D eigenvalue weighted by molar-refractivity contribution is 6.41. The third-order valence-electron chi connectivity index (χ3n) is 4.53. The number of hydrogen-bond acceptors (Lipinski definition) is 4. The van der Waals surface area contributed by atoms with Crippen LogP contribution in [0.25, 0.3) is 5.57 Å². The maximum absolute atomic E-state index is 13.2. The molecule has 7 heteroatoms. The lowest BCUT2D eigenvalue weighted by Gasteiger charge is -2.15. The number of aryl methyl sites for hydroxylation is 1. The smallest absolute Gasteiger partial charge is 0.278 e. The van der Waals surface area contributed by atoms with E-state index < -0.39 is 0 Å². The van der Waals surface area contributed by atoms with Crippen molar-refractivity contribution in [2.24, 2.45) is 0 Å². The molecule has 1 N–H and O–H groups in total. The van der Waals surface area contributed by atoms with Crippen LogP contribution in [0.5, 0.6) is 0 Å². The topological polar surface area (TPSA) is 58.6 Å². The summed E-state index contributed by atoms with van der Waals surface area (Å²) in [6.45, 7) is 5.19. The summed E-state index contributed by atoms with van der Waals surface area (Å²) in [4.78, 5) is 27.5. The first-order valence-corrected chi connectivity index (χ1v) is 10.1. The molecule has 3 rings (SSSR count). The van der Waals surface area contributed by atoms with E-state index in [-0.39, 0.29) is 29.6 Å². The van der Waals surface area contributed by atoms with E-state index in [2.05, 4.69) is 5.32 Å². The van der Waals surface area contributed by atoms with E-state index in [9.17, 15) is 9.59 Å². The molecule has 0 spiro atoms. The molecule has 0 radical (unpaired) electrons. The van der Waals surface area contributed by atoms with Crippen LogP contribution in [-0.4, -0.2) is 36.5 Å². The van der Waals surface area contributed by atoms with Gasteiger partial charge >= 0.3 is 0 Å². The molecule has 0 saturated heterocycles. The SMILES string of the molecule is CCOCCCN1C(=O)C(Nc2cccc(C)c2)=C(c2ccc(Cl)cc2Cl)C1=O. The molecular formula is C22H22Cl2N2O3. The van der Waals surface area contributed by atoms with Gasteiger partial charge in [0.05, 0.1) is 10.6 Å². The van der Waals surface area contributed by atoms with E-state index in [1.807, 2.05) is 38.1 Å². The highest BCUT2D eigenvalue weighted by Crippen LogP contribution is 2.35. The van der Waals surface area contributed by atoms with Crippen molar-refractivity contribution < 1.29 is 14.3 Å². The Morgan fingerprint density at radius 3 is 2.55 bits per heavy atom. The lowest BCUT2D eigenvalue weighted by Crippen LogP contribution is -2.34. The number of halogens is 2. The standard InChI is InChI=1S/C22H22Cl2N2O3/c1-3-29-11-5-10-26-21(27)19(17-9-8-15(23)13-18(17)24)20(22(26)28)25-16-7-4-6-14(2)12-16/h4,6-9,12-13,25H,3,5,10-11H2,1-2H3. The molecule has 0 atom stereocenters. The second-order valence-electron chi connectivity index (χ2n) is 6.68. The van der Waals surface area contributed by atoms with E-state index in [0.717, 1.165) is 11.3 Å². The minimum Gasteiger partial charge on any atom is -0.382 e.